The monoisotopic (exact) mass is 420 g/mol. The van der Waals surface area contributed by atoms with E-state index in [1.807, 2.05) is 18.2 Å². The molecule has 9 heteroatoms. The molecule has 2 fully saturated rings. The highest BCUT2D eigenvalue weighted by atomic mass is 32.2. The molecule has 1 unspecified atom stereocenters. The normalized spacial score (nSPS) is 21.7. The lowest BCUT2D eigenvalue weighted by Crippen LogP contribution is -2.51. The van der Waals surface area contributed by atoms with Gasteiger partial charge in [-0.1, -0.05) is 12.1 Å². The molecule has 2 aliphatic rings. The Hall–Kier alpha value is -1.97. The Bertz CT molecular complexity index is 895. The second-order valence-corrected chi connectivity index (χ2v) is 10.2. The Morgan fingerprint density at radius 3 is 2.61 bits per heavy atom. The molecule has 2 aliphatic heterocycles. The first-order chi connectivity index (χ1) is 13.6. The van der Waals surface area contributed by atoms with Crippen molar-refractivity contribution in [1.29, 1.82) is 0 Å². The lowest BCUT2D eigenvalue weighted by atomic mass is 10.0. The molecule has 1 atom stereocenters. The third-order valence-electron chi connectivity index (χ3n) is 5.38. The molecule has 0 aliphatic carbocycles. The molecule has 0 radical (unpaired) electrons. The van der Waals surface area contributed by atoms with Crippen LogP contribution in [0.2, 0.25) is 0 Å². The van der Waals surface area contributed by atoms with Gasteiger partial charge in [-0.15, -0.1) is 11.3 Å². The number of rotatable bonds is 5. The minimum absolute atomic E-state index is 0.0688. The highest BCUT2D eigenvalue weighted by molar-refractivity contribution is 7.91. The molecule has 4 rings (SSSR count). The van der Waals surface area contributed by atoms with Crippen LogP contribution in [0.25, 0.3) is 0 Å². The molecule has 4 heterocycles. The predicted molar refractivity (Wildman–Crippen MR) is 109 cm³/mol. The molecule has 1 N–H and O–H groups in total. The van der Waals surface area contributed by atoms with Crippen molar-refractivity contribution in [2.75, 3.05) is 24.5 Å². The largest absolute Gasteiger partial charge is 0.356 e. The van der Waals surface area contributed by atoms with Crippen LogP contribution in [0.15, 0.2) is 46.1 Å². The van der Waals surface area contributed by atoms with Crippen LogP contribution >= 0.6 is 11.3 Å². The maximum atomic E-state index is 12.9. The van der Waals surface area contributed by atoms with E-state index in [-0.39, 0.29) is 11.9 Å². The number of nitrogens with one attached hydrogen (secondary N) is 1. The molecule has 0 spiro atoms. The Balaban J connectivity index is 1.36. The van der Waals surface area contributed by atoms with Crippen LogP contribution in [0.3, 0.4) is 0 Å². The lowest BCUT2D eigenvalue weighted by molar-refractivity contribution is -0.125. The fraction of sp³-hybridized carbons (Fsp3) is 0.474. The zero-order valence-corrected chi connectivity index (χ0v) is 17.2. The van der Waals surface area contributed by atoms with Crippen molar-refractivity contribution >= 4 is 33.1 Å². The summed E-state index contributed by atoms with van der Waals surface area (Å²) in [5, 5.41) is 4.83. The van der Waals surface area contributed by atoms with E-state index in [4.69, 9.17) is 0 Å². The van der Waals surface area contributed by atoms with Gasteiger partial charge in [-0.3, -0.25) is 4.79 Å². The summed E-state index contributed by atoms with van der Waals surface area (Å²) < 4.78 is 27.4. The minimum atomic E-state index is -3.60. The SMILES string of the molecule is O=C(NC1CCN(c2ccccn2)CC1)C1CCCN1S(=O)(=O)c1cccs1. The number of carbonyl (C=O) groups excluding carboxylic acids is 1. The van der Waals surface area contributed by atoms with E-state index in [1.54, 1.807) is 23.7 Å². The van der Waals surface area contributed by atoms with Crippen LogP contribution < -0.4 is 10.2 Å². The van der Waals surface area contributed by atoms with Crippen LogP contribution in [-0.4, -0.2) is 55.3 Å². The Morgan fingerprint density at radius 2 is 1.93 bits per heavy atom. The van der Waals surface area contributed by atoms with Gasteiger partial charge in [0.05, 0.1) is 0 Å². The minimum Gasteiger partial charge on any atom is -0.356 e. The summed E-state index contributed by atoms with van der Waals surface area (Å²) in [6, 6.07) is 8.64. The quantitative estimate of drug-likeness (QED) is 0.801. The fourth-order valence-electron chi connectivity index (χ4n) is 3.91. The average molecular weight is 421 g/mol. The summed E-state index contributed by atoms with van der Waals surface area (Å²) in [6.45, 7) is 2.05. The summed E-state index contributed by atoms with van der Waals surface area (Å²) in [6.07, 6.45) is 4.72. The Morgan fingerprint density at radius 1 is 1.11 bits per heavy atom. The number of hydrogen-bond donors (Lipinski definition) is 1. The molecule has 1 amide bonds. The molecule has 28 heavy (non-hydrogen) atoms. The first-order valence-electron chi connectivity index (χ1n) is 9.57. The zero-order valence-electron chi connectivity index (χ0n) is 15.5. The van der Waals surface area contributed by atoms with Crippen molar-refractivity contribution in [2.45, 2.75) is 42.0 Å². The van der Waals surface area contributed by atoms with E-state index in [2.05, 4.69) is 15.2 Å². The molecule has 2 aromatic heterocycles. The van der Waals surface area contributed by atoms with Crippen LogP contribution in [0, 0.1) is 0 Å². The number of sulfonamides is 1. The second kappa shape index (κ2) is 8.18. The summed E-state index contributed by atoms with van der Waals surface area (Å²) in [5.74, 6) is 0.783. The molecule has 0 bridgehead atoms. The van der Waals surface area contributed by atoms with Gasteiger partial charge in [0, 0.05) is 31.9 Å². The highest BCUT2D eigenvalue weighted by Gasteiger charge is 2.40. The lowest BCUT2D eigenvalue weighted by Gasteiger charge is -2.34. The predicted octanol–water partition coefficient (Wildman–Crippen LogP) is 2.08. The van der Waals surface area contributed by atoms with Gasteiger partial charge in [0.15, 0.2) is 0 Å². The van der Waals surface area contributed by atoms with Crippen molar-refractivity contribution in [3.05, 3.63) is 41.9 Å². The first-order valence-corrected chi connectivity index (χ1v) is 11.9. The number of thiophene rings is 1. The van der Waals surface area contributed by atoms with Gasteiger partial charge in [-0.05, 0) is 49.3 Å². The standard InChI is InChI=1S/C19H24N4O3S2/c24-19(16-5-3-11-23(16)28(25,26)18-7-4-14-27-18)21-15-8-12-22(13-9-15)17-6-1-2-10-20-17/h1-2,4,6-7,10,14-16H,3,5,8-9,11-13H2,(H,21,24). The Labute approximate surface area is 169 Å². The van der Waals surface area contributed by atoms with Gasteiger partial charge in [0.2, 0.25) is 5.91 Å². The summed E-state index contributed by atoms with van der Waals surface area (Å²) >= 11 is 1.19. The highest BCUT2D eigenvalue weighted by Crippen LogP contribution is 2.29. The molecule has 0 aromatic carbocycles. The van der Waals surface area contributed by atoms with Gasteiger partial charge in [-0.2, -0.15) is 4.31 Å². The van der Waals surface area contributed by atoms with Crippen molar-refractivity contribution in [2.24, 2.45) is 0 Å². The number of carbonyl (C=O) groups is 1. The summed E-state index contributed by atoms with van der Waals surface area (Å²) in [5.41, 5.74) is 0. The van der Waals surface area contributed by atoms with Crippen LogP contribution in [0.5, 0.6) is 0 Å². The average Bonchev–Trinajstić information content (AvgIpc) is 3.42. The maximum Gasteiger partial charge on any atom is 0.253 e. The van der Waals surface area contributed by atoms with E-state index in [0.717, 1.165) is 31.7 Å². The van der Waals surface area contributed by atoms with E-state index in [9.17, 15) is 13.2 Å². The topological polar surface area (TPSA) is 82.6 Å². The van der Waals surface area contributed by atoms with Crippen molar-refractivity contribution < 1.29 is 13.2 Å². The third-order valence-corrected chi connectivity index (χ3v) is 8.66. The van der Waals surface area contributed by atoms with Gasteiger partial charge in [0.1, 0.15) is 16.1 Å². The molecule has 0 saturated carbocycles. The molecule has 7 nitrogen and oxygen atoms in total. The van der Waals surface area contributed by atoms with E-state index in [1.165, 1.54) is 15.6 Å². The number of piperidine rings is 1. The maximum absolute atomic E-state index is 12.9. The Kier molecular flexibility index (Phi) is 5.65. The van der Waals surface area contributed by atoms with Crippen molar-refractivity contribution in [3.63, 3.8) is 0 Å². The van der Waals surface area contributed by atoms with Gasteiger partial charge >= 0.3 is 0 Å². The number of hydrogen-bond acceptors (Lipinski definition) is 6. The van der Waals surface area contributed by atoms with Crippen molar-refractivity contribution in [3.8, 4) is 0 Å². The number of amides is 1. The van der Waals surface area contributed by atoms with Gasteiger partial charge in [-0.25, -0.2) is 13.4 Å². The molecule has 2 aromatic rings. The first kappa shape index (κ1) is 19.4. The number of pyridine rings is 1. The third kappa shape index (κ3) is 3.92. The molecule has 2 saturated heterocycles. The molecular weight excluding hydrogens is 396 g/mol. The smallest absolute Gasteiger partial charge is 0.253 e. The summed E-state index contributed by atoms with van der Waals surface area (Å²) in [7, 11) is -3.60. The number of aromatic nitrogens is 1. The van der Waals surface area contributed by atoms with Crippen LogP contribution in [0.1, 0.15) is 25.7 Å². The van der Waals surface area contributed by atoms with E-state index < -0.39 is 16.1 Å². The second-order valence-electron chi connectivity index (χ2n) is 7.16. The van der Waals surface area contributed by atoms with E-state index >= 15 is 0 Å². The number of nitrogens with zero attached hydrogens (tertiary/aromatic N) is 3. The van der Waals surface area contributed by atoms with Crippen LogP contribution in [-0.2, 0) is 14.8 Å². The van der Waals surface area contributed by atoms with Gasteiger partial charge < -0.3 is 10.2 Å². The van der Waals surface area contributed by atoms with Crippen molar-refractivity contribution in [1.82, 2.24) is 14.6 Å². The zero-order chi connectivity index (χ0) is 19.6. The van der Waals surface area contributed by atoms with Crippen LogP contribution in [0.4, 0.5) is 5.82 Å². The molecule has 150 valence electrons. The molecular formula is C19H24N4O3S2. The van der Waals surface area contributed by atoms with E-state index in [0.29, 0.717) is 23.6 Å². The van der Waals surface area contributed by atoms with Gasteiger partial charge in [0.25, 0.3) is 10.0 Å². The number of anilines is 1. The summed E-state index contributed by atoms with van der Waals surface area (Å²) in [4.78, 5) is 19.4. The fourth-order valence-corrected chi connectivity index (χ4v) is 6.68.